The number of nitrogens with one attached hydrogen (secondary N) is 1. The Labute approximate surface area is 117 Å². The fraction of sp³-hybridized carbons (Fsp3) is 0.667. The number of rotatable bonds is 3. The minimum Gasteiger partial charge on any atom is -0.313 e. The monoisotopic (exact) mass is 286 g/mol. The summed E-state index contributed by atoms with van der Waals surface area (Å²) in [5.41, 5.74) is -0.285. The van der Waals surface area contributed by atoms with Crippen LogP contribution in [0.3, 0.4) is 0 Å². The second-order valence-electron chi connectivity index (χ2n) is 5.75. The molecule has 0 amide bonds. The van der Waals surface area contributed by atoms with Gasteiger partial charge < -0.3 is 5.32 Å². The van der Waals surface area contributed by atoms with Crippen LogP contribution in [0.1, 0.15) is 49.8 Å². The van der Waals surface area contributed by atoms with Crippen molar-refractivity contribution in [2.24, 2.45) is 11.8 Å². The van der Waals surface area contributed by atoms with E-state index in [-0.39, 0.29) is 17.5 Å². The highest BCUT2D eigenvalue weighted by atomic mass is 19.4. The molecule has 0 bridgehead atoms. The third-order valence-electron chi connectivity index (χ3n) is 4.34. The van der Waals surface area contributed by atoms with Crippen LogP contribution in [0.5, 0.6) is 0 Å². The van der Waals surface area contributed by atoms with Crippen LogP contribution in [-0.2, 0) is 6.18 Å². The van der Waals surface area contributed by atoms with E-state index in [4.69, 9.17) is 0 Å². The Morgan fingerprint density at radius 2 is 1.90 bits per heavy atom. The molecule has 0 aromatic carbocycles. The van der Waals surface area contributed by atoms with Gasteiger partial charge in [-0.1, -0.05) is 19.8 Å². The average molecular weight is 286 g/mol. The van der Waals surface area contributed by atoms with E-state index in [9.17, 15) is 13.2 Å². The summed E-state index contributed by atoms with van der Waals surface area (Å²) >= 11 is 0. The summed E-state index contributed by atoms with van der Waals surface area (Å²) in [6.07, 6.45) is 2.37. The van der Waals surface area contributed by atoms with Gasteiger partial charge in [-0.05, 0) is 43.4 Å². The van der Waals surface area contributed by atoms with Crippen molar-refractivity contribution in [1.82, 2.24) is 10.3 Å². The van der Waals surface area contributed by atoms with Gasteiger partial charge in [0.05, 0.1) is 5.56 Å². The molecule has 2 nitrogen and oxygen atoms in total. The van der Waals surface area contributed by atoms with Gasteiger partial charge >= 0.3 is 6.18 Å². The van der Waals surface area contributed by atoms with E-state index in [0.29, 0.717) is 5.92 Å². The molecule has 1 unspecified atom stereocenters. The summed E-state index contributed by atoms with van der Waals surface area (Å²) in [5.74, 6) is 0.932. The third kappa shape index (κ3) is 3.32. The second-order valence-corrected chi connectivity index (χ2v) is 5.75. The van der Waals surface area contributed by atoms with E-state index < -0.39 is 11.7 Å². The first-order chi connectivity index (χ1) is 9.43. The van der Waals surface area contributed by atoms with Crippen molar-refractivity contribution in [2.45, 2.75) is 44.8 Å². The van der Waals surface area contributed by atoms with Crippen LogP contribution in [0.4, 0.5) is 13.2 Å². The van der Waals surface area contributed by atoms with Gasteiger partial charge in [0.15, 0.2) is 0 Å². The predicted octanol–water partition coefficient (Wildman–Crippen LogP) is 4.19. The Balaban J connectivity index is 2.28. The number of pyridine rings is 1. The number of hydrogen-bond acceptors (Lipinski definition) is 2. The molecule has 20 heavy (non-hydrogen) atoms. The summed E-state index contributed by atoms with van der Waals surface area (Å²) in [6, 6.07) is 0.804. The molecule has 1 aromatic rings. The smallest absolute Gasteiger partial charge is 0.313 e. The topological polar surface area (TPSA) is 24.9 Å². The summed E-state index contributed by atoms with van der Waals surface area (Å²) in [5, 5.41) is 3.08. The van der Waals surface area contributed by atoms with Crippen LogP contribution in [0.25, 0.3) is 0 Å². The van der Waals surface area contributed by atoms with Gasteiger partial charge in [0.25, 0.3) is 0 Å². The van der Waals surface area contributed by atoms with Crippen LogP contribution in [0.15, 0.2) is 18.5 Å². The molecule has 1 saturated carbocycles. The molecule has 1 heterocycles. The van der Waals surface area contributed by atoms with Gasteiger partial charge in [0.1, 0.15) is 0 Å². The Kier molecular flexibility index (Phi) is 4.68. The lowest BCUT2D eigenvalue weighted by atomic mass is 9.77. The summed E-state index contributed by atoms with van der Waals surface area (Å²) in [6.45, 7) is 2.20. The standard InChI is InChI=1S/C15H21F3N2/c1-10-3-5-11(6-4-10)14(19-2)12-9-20-8-7-13(12)15(16,17)18/h7-11,14,19H,3-6H2,1-2H3. The van der Waals surface area contributed by atoms with Crippen molar-refractivity contribution in [3.63, 3.8) is 0 Å². The SMILES string of the molecule is CNC(c1cnccc1C(F)(F)F)C1CCC(C)CC1. The molecule has 2 rings (SSSR count). The molecule has 0 aliphatic heterocycles. The lowest BCUT2D eigenvalue weighted by molar-refractivity contribution is -0.138. The summed E-state index contributed by atoms with van der Waals surface area (Å²) in [7, 11) is 1.73. The first-order valence-corrected chi connectivity index (χ1v) is 7.12. The van der Waals surface area contributed by atoms with E-state index in [1.165, 1.54) is 12.4 Å². The van der Waals surface area contributed by atoms with Gasteiger partial charge in [0, 0.05) is 18.4 Å². The summed E-state index contributed by atoms with van der Waals surface area (Å²) < 4.78 is 39.4. The number of alkyl halides is 3. The molecule has 0 radical (unpaired) electrons. The average Bonchev–Trinajstić information content (AvgIpc) is 2.41. The predicted molar refractivity (Wildman–Crippen MR) is 72.2 cm³/mol. The fourth-order valence-electron chi connectivity index (χ4n) is 3.18. The highest BCUT2D eigenvalue weighted by Gasteiger charge is 2.37. The molecule has 1 fully saturated rings. The number of nitrogens with zero attached hydrogens (tertiary/aromatic N) is 1. The van der Waals surface area contributed by atoms with Crippen molar-refractivity contribution in [2.75, 3.05) is 7.05 Å². The van der Waals surface area contributed by atoms with E-state index >= 15 is 0 Å². The van der Waals surface area contributed by atoms with E-state index in [2.05, 4.69) is 17.2 Å². The Bertz CT molecular complexity index is 437. The maximum atomic E-state index is 13.1. The fourth-order valence-corrected chi connectivity index (χ4v) is 3.18. The van der Waals surface area contributed by atoms with Gasteiger partial charge in [0.2, 0.25) is 0 Å². The minimum atomic E-state index is -4.32. The number of halogens is 3. The third-order valence-corrected chi connectivity index (χ3v) is 4.34. The quantitative estimate of drug-likeness (QED) is 0.901. The number of hydrogen-bond donors (Lipinski definition) is 1. The molecule has 1 N–H and O–H groups in total. The molecule has 0 saturated heterocycles. The minimum absolute atomic E-state index is 0.251. The van der Waals surface area contributed by atoms with Crippen molar-refractivity contribution < 1.29 is 13.2 Å². The molecule has 5 heteroatoms. The van der Waals surface area contributed by atoms with Gasteiger partial charge in [-0.15, -0.1) is 0 Å². The van der Waals surface area contributed by atoms with Crippen molar-refractivity contribution in [1.29, 1.82) is 0 Å². The Morgan fingerprint density at radius 3 is 2.45 bits per heavy atom. The molecule has 0 spiro atoms. The zero-order valence-corrected chi connectivity index (χ0v) is 11.9. The highest BCUT2D eigenvalue weighted by molar-refractivity contribution is 5.30. The van der Waals surface area contributed by atoms with E-state index in [0.717, 1.165) is 31.7 Å². The number of aromatic nitrogens is 1. The molecule has 1 aliphatic rings. The molecule has 1 aliphatic carbocycles. The molecular weight excluding hydrogens is 265 g/mol. The van der Waals surface area contributed by atoms with Crippen LogP contribution in [0.2, 0.25) is 0 Å². The van der Waals surface area contributed by atoms with Crippen LogP contribution >= 0.6 is 0 Å². The molecule has 112 valence electrons. The van der Waals surface area contributed by atoms with Crippen LogP contribution in [0, 0.1) is 11.8 Å². The maximum absolute atomic E-state index is 13.1. The van der Waals surface area contributed by atoms with Gasteiger partial charge in [-0.2, -0.15) is 13.2 Å². The lowest BCUT2D eigenvalue weighted by Gasteiger charge is -2.33. The normalized spacial score (nSPS) is 25.4. The van der Waals surface area contributed by atoms with Gasteiger partial charge in [-0.3, -0.25) is 4.98 Å². The molecule has 1 atom stereocenters. The van der Waals surface area contributed by atoms with Crippen LogP contribution in [-0.4, -0.2) is 12.0 Å². The van der Waals surface area contributed by atoms with Gasteiger partial charge in [-0.25, -0.2) is 0 Å². The largest absolute Gasteiger partial charge is 0.416 e. The zero-order valence-electron chi connectivity index (χ0n) is 11.9. The molecule has 1 aromatic heterocycles. The van der Waals surface area contributed by atoms with Crippen molar-refractivity contribution >= 4 is 0 Å². The highest BCUT2D eigenvalue weighted by Crippen LogP contribution is 2.41. The zero-order chi connectivity index (χ0) is 14.8. The maximum Gasteiger partial charge on any atom is 0.416 e. The first kappa shape index (κ1) is 15.3. The Morgan fingerprint density at radius 1 is 1.25 bits per heavy atom. The Hall–Kier alpha value is -1.10. The second kappa shape index (κ2) is 6.12. The lowest BCUT2D eigenvalue weighted by Crippen LogP contribution is -2.30. The van der Waals surface area contributed by atoms with Crippen molar-refractivity contribution in [3.05, 3.63) is 29.6 Å². The van der Waals surface area contributed by atoms with E-state index in [1.54, 1.807) is 7.05 Å². The van der Waals surface area contributed by atoms with Crippen LogP contribution < -0.4 is 5.32 Å². The van der Waals surface area contributed by atoms with Crippen molar-refractivity contribution in [3.8, 4) is 0 Å². The summed E-state index contributed by atoms with van der Waals surface area (Å²) in [4.78, 5) is 3.90. The molecular formula is C15H21F3N2. The first-order valence-electron chi connectivity index (χ1n) is 7.12. The van der Waals surface area contributed by atoms with E-state index in [1.807, 2.05) is 0 Å².